The maximum Gasteiger partial charge on any atom is 0.166 e. The second-order valence-corrected chi connectivity index (χ2v) is 4.22. The summed E-state index contributed by atoms with van der Waals surface area (Å²) in [6.07, 6.45) is 2.58. The first-order valence-corrected chi connectivity index (χ1v) is 5.98. The van der Waals surface area contributed by atoms with Crippen molar-refractivity contribution in [3.63, 3.8) is 0 Å². The monoisotopic (exact) mass is 259 g/mol. The Morgan fingerprint density at radius 2 is 1.89 bits per heavy atom. The largest absolute Gasteiger partial charge is 0.493 e. The summed E-state index contributed by atoms with van der Waals surface area (Å²) in [5.41, 5.74) is 2.40. The lowest BCUT2D eigenvalue weighted by Gasteiger charge is -2.18. The van der Waals surface area contributed by atoms with E-state index < -0.39 is 6.10 Å². The molecule has 0 aliphatic carbocycles. The number of methoxy groups -OCH3 is 2. The zero-order valence-electron chi connectivity index (χ0n) is 11.3. The number of aromatic nitrogens is 1. The topological polar surface area (TPSA) is 51.6 Å². The number of pyridine rings is 1. The van der Waals surface area contributed by atoms with Crippen molar-refractivity contribution in [3.8, 4) is 11.5 Å². The van der Waals surface area contributed by atoms with Crippen LogP contribution in [0.4, 0.5) is 0 Å². The number of aryl methyl sites for hydroxylation is 1. The molecule has 0 spiro atoms. The fourth-order valence-electron chi connectivity index (χ4n) is 2.06. The minimum atomic E-state index is -0.793. The van der Waals surface area contributed by atoms with E-state index in [9.17, 15) is 5.11 Å². The van der Waals surface area contributed by atoms with Crippen molar-refractivity contribution in [1.82, 2.24) is 4.98 Å². The average molecular weight is 259 g/mol. The Hall–Kier alpha value is -2.07. The van der Waals surface area contributed by atoms with E-state index in [0.29, 0.717) is 17.1 Å². The van der Waals surface area contributed by atoms with Crippen LogP contribution in [0.5, 0.6) is 11.5 Å². The van der Waals surface area contributed by atoms with Crippen LogP contribution in [-0.2, 0) is 0 Å². The zero-order valence-corrected chi connectivity index (χ0v) is 11.3. The van der Waals surface area contributed by atoms with Gasteiger partial charge in [-0.25, -0.2) is 0 Å². The number of ether oxygens (including phenoxy) is 2. The van der Waals surface area contributed by atoms with Gasteiger partial charge in [0.05, 0.1) is 14.2 Å². The highest BCUT2D eigenvalue weighted by Crippen LogP contribution is 2.37. The Morgan fingerprint density at radius 3 is 2.53 bits per heavy atom. The molecule has 1 aromatic heterocycles. The SMILES string of the molecule is COc1cccc(C(O)c2cnccc2C)c1OC. The molecule has 1 unspecified atom stereocenters. The number of aliphatic hydroxyl groups is 1. The number of benzene rings is 1. The van der Waals surface area contributed by atoms with Gasteiger partial charge in [0.15, 0.2) is 11.5 Å². The molecule has 0 amide bonds. The van der Waals surface area contributed by atoms with Crippen LogP contribution in [0.15, 0.2) is 36.7 Å². The van der Waals surface area contributed by atoms with Crippen molar-refractivity contribution in [1.29, 1.82) is 0 Å². The predicted molar refractivity (Wildman–Crippen MR) is 72.6 cm³/mol. The third-order valence-electron chi connectivity index (χ3n) is 3.10. The molecule has 4 heteroatoms. The van der Waals surface area contributed by atoms with Crippen LogP contribution in [0.3, 0.4) is 0 Å². The summed E-state index contributed by atoms with van der Waals surface area (Å²) in [5.74, 6) is 1.14. The van der Waals surface area contributed by atoms with E-state index in [1.54, 1.807) is 32.7 Å². The highest BCUT2D eigenvalue weighted by molar-refractivity contribution is 5.50. The summed E-state index contributed by atoms with van der Waals surface area (Å²) in [4.78, 5) is 4.06. The third-order valence-corrected chi connectivity index (χ3v) is 3.10. The molecule has 0 fully saturated rings. The molecule has 4 nitrogen and oxygen atoms in total. The van der Waals surface area contributed by atoms with Crippen molar-refractivity contribution in [2.45, 2.75) is 13.0 Å². The molecule has 19 heavy (non-hydrogen) atoms. The Balaban J connectivity index is 2.50. The molecule has 1 heterocycles. The summed E-state index contributed by atoms with van der Waals surface area (Å²) in [5, 5.41) is 10.5. The van der Waals surface area contributed by atoms with Gasteiger partial charge in [-0.1, -0.05) is 12.1 Å². The molecule has 100 valence electrons. The molecule has 0 bridgehead atoms. The minimum absolute atomic E-state index is 0.542. The van der Waals surface area contributed by atoms with Crippen molar-refractivity contribution >= 4 is 0 Å². The van der Waals surface area contributed by atoms with Crippen LogP contribution in [0, 0.1) is 6.92 Å². The van der Waals surface area contributed by atoms with Gasteiger partial charge in [-0.15, -0.1) is 0 Å². The molecule has 2 rings (SSSR count). The van der Waals surface area contributed by atoms with Gasteiger partial charge in [0.1, 0.15) is 6.10 Å². The number of hydrogen-bond donors (Lipinski definition) is 1. The van der Waals surface area contributed by atoms with Crippen LogP contribution in [0.25, 0.3) is 0 Å². The number of aliphatic hydroxyl groups excluding tert-OH is 1. The maximum atomic E-state index is 10.5. The maximum absolute atomic E-state index is 10.5. The molecular formula is C15H17NO3. The molecule has 0 saturated heterocycles. The lowest BCUT2D eigenvalue weighted by Crippen LogP contribution is -2.05. The molecule has 1 atom stereocenters. The van der Waals surface area contributed by atoms with Crippen LogP contribution in [0.1, 0.15) is 22.8 Å². The van der Waals surface area contributed by atoms with Gasteiger partial charge in [-0.3, -0.25) is 4.98 Å². The first kappa shape index (κ1) is 13.4. The molecular weight excluding hydrogens is 242 g/mol. The fraction of sp³-hybridized carbons (Fsp3) is 0.267. The Morgan fingerprint density at radius 1 is 1.11 bits per heavy atom. The van der Waals surface area contributed by atoms with E-state index in [2.05, 4.69) is 4.98 Å². The molecule has 1 aromatic carbocycles. The lowest BCUT2D eigenvalue weighted by atomic mass is 9.98. The van der Waals surface area contributed by atoms with E-state index in [1.165, 1.54) is 0 Å². The highest BCUT2D eigenvalue weighted by Gasteiger charge is 2.19. The van der Waals surface area contributed by atoms with Crippen molar-refractivity contribution < 1.29 is 14.6 Å². The van der Waals surface area contributed by atoms with E-state index in [4.69, 9.17) is 9.47 Å². The van der Waals surface area contributed by atoms with E-state index in [-0.39, 0.29) is 0 Å². The number of nitrogens with zero attached hydrogens (tertiary/aromatic N) is 1. The normalized spacial score (nSPS) is 12.0. The molecule has 1 N–H and O–H groups in total. The Bertz CT molecular complexity index is 569. The number of hydrogen-bond acceptors (Lipinski definition) is 4. The second kappa shape index (κ2) is 5.71. The number of para-hydroxylation sites is 1. The van der Waals surface area contributed by atoms with E-state index >= 15 is 0 Å². The van der Waals surface area contributed by atoms with Gasteiger partial charge in [0.2, 0.25) is 0 Å². The van der Waals surface area contributed by atoms with Crippen LogP contribution >= 0.6 is 0 Å². The lowest BCUT2D eigenvalue weighted by molar-refractivity contribution is 0.212. The summed E-state index contributed by atoms with van der Waals surface area (Å²) in [6, 6.07) is 7.31. The number of rotatable bonds is 4. The summed E-state index contributed by atoms with van der Waals surface area (Å²) >= 11 is 0. The van der Waals surface area contributed by atoms with Gasteiger partial charge in [-0.2, -0.15) is 0 Å². The molecule has 0 aliphatic heterocycles. The average Bonchev–Trinajstić information content (AvgIpc) is 2.46. The predicted octanol–water partition coefficient (Wildman–Crippen LogP) is 2.49. The fourth-order valence-corrected chi connectivity index (χ4v) is 2.06. The first-order valence-electron chi connectivity index (χ1n) is 5.98. The minimum Gasteiger partial charge on any atom is -0.493 e. The van der Waals surface area contributed by atoms with Crippen molar-refractivity contribution in [3.05, 3.63) is 53.3 Å². The Kier molecular flexibility index (Phi) is 4.02. The first-order chi connectivity index (χ1) is 9.19. The van der Waals surface area contributed by atoms with Gasteiger partial charge >= 0.3 is 0 Å². The summed E-state index contributed by atoms with van der Waals surface area (Å²) < 4.78 is 10.6. The smallest absolute Gasteiger partial charge is 0.166 e. The van der Waals surface area contributed by atoms with Crippen molar-refractivity contribution in [2.24, 2.45) is 0 Å². The zero-order chi connectivity index (χ0) is 13.8. The van der Waals surface area contributed by atoms with Gasteiger partial charge in [0.25, 0.3) is 0 Å². The van der Waals surface area contributed by atoms with E-state index in [0.717, 1.165) is 11.1 Å². The molecule has 0 saturated carbocycles. The van der Waals surface area contributed by atoms with Crippen LogP contribution in [-0.4, -0.2) is 24.3 Å². The standard InChI is InChI=1S/C15H17NO3/c1-10-7-8-16-9-12(10)14(17)11-5-4-6-13(18-2)15(11)19-3/h4-9,14,17H,1-3H3. The Labute approximate surface area is 112 Å². The molecule has 0 aliphatic rings. The van der Waals surface area contributed by atoms with Gasteiger partial charge in [0, 0.05) is 23.5 Å². The van der Waals surface area contributed by atoms with Gasteiger partial charge < -0.3 is 14.6 Å². The van der Waals surface area contributed by atoms with Crippen LogP contribution in [0.2, 0.25) is 0 Å². The highest BCUT2D eigenvalue weighted by atomic mass is 16.5. The summed E-state index contributed by atoms with van der Waals surface area (Å²) in [7, 11) is 3.13. The quantitative estimate of drug-likeness (QED) is 0.916. The van der Waals surface area contributed by atoms with Gasteiger partial charge in [-0.05, 0) is 24.6 Å². The third kappa shape index (κ3) is 2.53. The van der Waals surface area contributed by atoms with Crippen molar-refractivity contribution in [2.75, 3.05) is 14.2 Å². The molecule has 0 radical (unpaired) electrons. The summed E-state index contributed by atoms with van der Waals surface area (Å²) in [6.45, 7) is 1.94. The molecule has 2 aromatic rings. The van der Waals surface area contributed by atoms with Crippen LogP contribution < -0.4 is 9.47 Å². The van der Waals surface area contributed by atoms with E-state index in [1.807, 2.05) is 25.1 Å². The second-order valence-electron chi connectivity index (χ2n) is 4.22.